The van der Waals surface area contributed by atoms with Crippen LogP contribution in [-0.2, 0) is 9.59 Å². The van der Waals surface area contributed by atoms with Gasteiger partial charge < -0.3 is 10.2 Å². The van der Waals surface area contributed by atoms with Crippen LogP contribution in [0.1, 0.15) is 67.2 Å². The number of hydrogen-bond acceptors (Lipinski definition) is 4. The zero-order chi connectivity index (χ0) is 20.2. The molecule has 0 aromatic carbocycles. The summed E-state index contributed by atoms with van der Waals surface area (Å²) in [5.74, 6) is 2.10. The van der Waals surface area contributed by atoms with Gasteiger partial charge in [0, 0.05) is 31.8 Å². The second-order valence-electron chi connectivity index (χ2n) is 10.1. The Morgan fingerprint density at radius 1 is 1.22 bits per heavy atom. The molecule has 2 aliphatic rings. The number of carbonyl (C=O) groups is 2. The summed E-state index contributed by atoms with van der Waals surface area (Å²) in [5.41, 5.74) is 0.265. The Kier molecular flexibility index (Phi) is 7.65. The predicted octanol–water partition coefficient (Wildman–Crippen LogP) is 3.24. The first kappa shape index (κ1) is 22.5. The molecular weight excluding hydrogens is 358 g/mol. The summed E-state index contributed by atoms with van der Waals surface area (Å²) in [6, 6.07) is -0.109. The molecule has 6 heteroatoms. The van der Waals surface area contributed by atoms with E-state index in [1.807, 2.05) is 16.7 Å². The molecule has 2 N–H and O–H groups in total. The van der Waals surface area contributed by atoms with E-state index in [0.717, 1.165) is 44.6 Å². The minimum atomic E-state index is -0.109. The van der Waals surface area contributed by atoms with Crippen LogP contribution in [0.4, 0.5) is 0 Å². The highest BCUT2D eigenvalue weighted by Crippen LogP contribution is 2.39. The summed E-state index contributed by atoms with van der Waals surface area (Å²) >= 11 is 1.86. The molecule has 0 bridgehead atoms. The quantitative estimate of drug-likeness (QED) is 0.722. The molecule has 0 aromatic heterocycles. The zero-order valence-electron chi connectivity index (χ0n) is 18.1. The predicted molar refractivity (Wildman–Crippen MR) is 114 cm³/mol. The first-order valence-electron chi connectivity index (χ1n) is 10.5. The van der Waals surface area contributed by atoms with E-state index in [1.165, 1.54) is 0 Å². The van der Waals surface area contributed by atoms with Gasteiger partial charge in [0.15, 0.2) is 0 Å². The van der Waals surface area contributed by atoms with E-state index in [9.17, 15) is 9.59 Å². The number of nitrogens with zero attached hydrogens (tertiary/aromatic N) is 1. The van der Waals surface area contributed by atoms with Gasteiger partial charge in [0.25, 0.3) is 0 Å². The maximum atomic E-state index is 12.7. The summed E-state index contributed by atoms with van der Waals surface area (Å²) in [4.78, 5) is 27.0. The molecule has 0 radical (unpaired) electrons. The summed E-state index contributed by atoms with van der Waals surface area (Å²) in [6.07, 6.45) is 3.56. The van der Waals surface area contributed by atoms with E-state index >= 15 is 0 Å². The number of piperidine rings is 1. The normalized spacial score (nSPS) is 23.7. The highest BCUT2D eigenvalue weighted by atomic mass is 32.2. The highest BCUT2D eigenvalue weighted by Gasteiger charge is 2.44. The maximum absolute atomic E-state index is 12.7. The van der Waals surface area contributed by atoms with Crippen LogP contribution in [0.3, 0.4) is 0 Å². The number of thioether (sulfide) groups is 1. The van der Waals surface area contributed by atoms with Crippen molar-refractivity contribution < 1.29 is 9.59 Å². The molecule has 1 spiro atoms. The molecule has 2 atom stereocenters. The monoisotopic (exact) mass is 397 g/mol. The first-order valence-corrected chi connectivity index (χ1v) is 11.5. The van der Waals surface area contributed by atoms with Crippen molar-refractivity contribution in [3.8, 4) is 0 Å². The molecule has 5 nitrogen and oxygen atoms in total. The van der Waals surface area contributed by atoms with Crippen molar-refractivity contribution in [1.82, 2.24) is 15.5 Å². The number of carbonyl (C=O) groups excluding carboxylic acids is 2. The molecule has 2 heterocycles. The van der Waals surface area contributed by atoms with Crippen LogP contribution in [0.5, 0.6) is 0 Å². The van der Waals surface area contributed by atoms with E-state index in [0.29, 0.717) is 18.3 Å². The topological polar surface area (TPSA) is 61.4 Å². The van der Waals surface area contributed by atoms with Gasteiger partial charge in [-0.3, -0.25) is 14.9 Å². The third kappa shape index (κ3) is 6.97. The number of nitrogens with one attached hydrogen (secondary N) is 2. The van der Waals surface area contributed by atoms with Gasteiger partial charge in [-0.1, -0.05) is 41.5 Å². The van der Waals surface area contributed by atoms with Crippen molar-refractivity contribution in [2.24, 2.45) is 17.3 Å². The molecule has 0 saturated carbocycles. The summed E-state index contributed by atoms with van der Waals surface area (Å²) in [6.45, 7) is 15.4. The third-order valence-electron chi connectivity index (χ3n) is 5.37. The van der Waals surface area contributed by atoms with Gasteiger partial charge in [-0.15, -0.1) is 11.8 Å². The number of hydrogen-bond donors (Lipinski definition) is 2. The first-order chi connectivity index (χ1) is 12.5. The molecule has 27 heavy (non-hydrogen) atoms. The van der Waals surface area contributed by atoms with Crippen LogP contribution in [0.25, 0.3) is 0 Å². The van der Waals surface area contributed by atoms with Gasteiger partial charge in [0.2, 0.25) is 11.8 Å². The van der Waals surface area contributed by atoms with Crippen molar-refractivity contribution in [2.45, 2.75) is 78.1 Å². The van der Waals surface area contributed by atoms with Crippen LogP contribution in [0.15, 0.2) is 0 Å². The fourth-order valence-electron chi connectivity index (χ4n) is 4.16. The van der Waals surface area contributed by atoms with E-state index in [1.54, 1.807) is 0 Å². The Morgan fingerprint density at radius 3 is 2.41 bits per heavy atom. The molecular formula is C21H39N3O2S. The van der Waals surface area contributed by atoms with Crippen LogP contribution >= 0.6 is 11.8 Å². The van der Waals surface area contributed by atoms with Crippen molar-refractivity contribution in [3.05, 3.63) is 0 Å². The Bertz CT molecular complexity index is 522. The van der Waals surface area contributed by atoms with Crippen LogP contribution < -0.4 is 10.6 Å². The Balaban J connectivity index is 1.78. The second-order valence-corrected chi connectivity index (χ2v) is 11.5. The van der Waals surface area contributed by atoms with Gasteiger partial charge in [-0.25, -0.2) is 0 Å². The lowest BCUT2D eigenvalue weighted by molar-refractivity contribution is -0.133. The largest absolute Gasteiger partial charge is 0.354 e. The number of rotatable bonds is 6. The summed E-state index contributed by atoms with van der Waals surface area (Å²) < 4.78 is 0. The SMILES string of the molecule is CC(C)CNC(=O)C1CSC2(CCN(C(=O)CC(C)CC(C)(C)C)CC2)N1. The molecule has 156 valence electrons. The molecule has 0 aliphatic carbocycles. The third-order valence-corrected chi connectivity index (χ3v) is 6.95. The van der Waals surface area contributed by atoms with E-state index < -0.39 is 0 Å². The van der Waals surface area contributed by atoms with Crippen molar-refractivity contribution in [3.63, 3.8) is 0 Å². The Labute approximate surface area is 169 Å². The lowest BCUT2D eigenvalue weighted by atomic mass is 9.84. The molecule has 2 aliphatic heterocycles. The van der Waals surface area contributed by atoms with Crippen LogP contribution in [-0.4, -0.2) is 53.0 Å². The molecule has 2 unspecified atom stereocenters. The number of amides is 2. The molecule has 0 aromatic rings. The van der Waals surface area contributed by atoms with Gasteiger partial charge in [-0.05, 0) is 36.5 Å². The van der Waals surface area contributed by atoms with Crippen molar-refractivity contribution in [1.29, 1.82) is 0 Å². The lowest BCUT2D eigenvalue weighted by Crippen LogP contribution is -2.54. The van der Waals surface area contributed by atoms with Gasteiger partial charge in [0.1, 0.15) is 0 Å². The average molecular weight is 398 g/mol. The number of likely N-dealkylation sites (tertiary alicyclic amines) is 1. The van der Waals surface area contributed by atoms with Gasteiger partial charge in [-0.2, -0.15) is 0 Å². The lowest BCUT2D eigenvalue weighted by Gasteiger charge is -2.39. The van der Waals surface area contributed by atoms with Crippen molar-refractivity contribution >= 4 is 23.6 Å². The van der Waals surface area contributed by atoms with Gasteiger partial charge >= 0.3 is 0 Å². The summed E-state index contributed by atoms with van der Waals surface area (Å²) in [5, 5.41) is 6.61. The molecule has 2 saturated heterocycles. The standard InChI is InChI=1S/C21H39N3O2S/c1-15(2)13-22-19(26)17-14-27-21(23-17)7-9-24(10-8-21)18(25)11-16(3)12-20(4,5)6/h15-17,23H,7-14H2,1-6H3,(H,22,26). The average Bonchev–Trinajstić information content (AvgIpc) is 2.95. The molecule has 2 amide bonds. The summed E-state index contributed by atoms with van der Waals surface area (Å²) in [7, 11) is 0. The van der Waals surface area contributed by atoms with E-state index in [4.69, 9.17) is 0 Å². The second kappa shape index (κ2) is 9.17. The maximum Gasteiger partial charge on any atom is 0.238 e. The zero-order valence-corrected chi connectivity index (χ0v) is 18.9. The Morgan fingerprint density at radius 2 is 1.85 bits per heavy atom. The van der Waals surface area contributed by atoms with E-state index in [2.05, 4.69) is 52.2 Å². The van der Waals surface area contributed by atoms with Crippen LogP contribution in [0.2, 0.25) is 0 Å². The molecule has 2 fully saturated rings. The minimum Gasteiger partial charge on any atom is -0.354 e. The fourth-order valence-corrected chi connectivity index (χ4v) is 5.58. The Hall–Kier alpha value is -0.750. The minimum absolute atomic E-state index is 0.0341. The smallest absolute Gasteiger partial charge is 0.238 e. The van der Waals surface area contributed by atoms with Crippen molar-refractivity contribution in [2.75, 3.05) is 25.4 Å². The van der Waals surface area contributed by atoms with Gasteiger partial charge in [0.05, 0.1) is 10.9 Å². The van der Waals surface area contributed by atoms with Crippen LogP contribution in [0, 0.1) is 17.3 Å². The highest BCUT2D eigenvalue weighted by molar-refractivity contribution is 8.01. The molecule has 2 rings (SSSR count). The fraction of sp³-hybridized carbons (Fsp3) is 0.905. The van der Waals surface area contributed by atoms with E-state index in [-0.39, 0.29) is 28.1 Å².